The van der Waals surface area contributed by atoms with Crippen LogP contribution in [-0.2, 0) is 4.74 Å². The normalized spacial score (nSPS) is 10.1. The lowest BCUT2D eigenvalue weighted by Crippen LogP contribution is -2.25. The summed E-state index contributed by atoms with van der Waals surface area (Å²) in [6.07, 6.45) is 1.25. The van der Waals surface area contributed by atoms with Gasteiger partial charge in [-0.2, -0.15) is 4.73 Å². The molecular weight excluding hydrogens is 234 g/mol. The lowest BCUT2D eigenvalue weighted by atomic mass is 10.1. The molecule has 2 aromatic rings. The predicted molar refractivity (Wildman–Crippen MR) is 64.7 cm³/mol. The molecular formula is C13H11NO4. The van der Waals surface area contributed by atoms with E-state index in [9.17, 15) is 14.8 Å². The average molecular weight is 245 g/mol. The van der Waals surface area contributed by atoms with Crippen molar-refractivity contribution in [2.24, 2.45) is 0 Å². The number of carbonyl (C=O) groups excluding carboxylic acids is 1. The van der Waals surface area contributed by atoms with Crippen molar-refractivity contribution < 1.29 is 14.7 Å². The molecule has 0 spiro atoms. The van der Waals surface area contributed by atoms with Crippen LogP contribution in [0.2, 0.25) is 0 Å². The highest BCUT2D eigenvalue weighted by molar-refractivity contribution is 5.90. The molecule has 18 heavy (non-hydrogen) atoms. The fourth-order valence-corrected chi connectivity index (χ4v) is 1.61. The van der Waals surface area contributed by atoms with Crippen molar-refractivity contribution in [3.05, 3.63) is 58.5 Å². The summed E-state index contributed by atoms with van der Waals surface area (Å²) >= 11 is 0. The topological polar surface area (TPSA) is 68.5 Å². The van der Waals surface area contributed by atoms with Gasteiger partial charge in [0.15, 0.2) is 0 Å². The molecule has 0 saturated heterocycles. The van der Waals surface area contributed by atoms with Gasteiger partial charge in [0.05, 0.1) is 13.3 Å². The molecule has 0 unspecified atom stereocenters. The molecule has 1 aromatic heterocycles. The second kappa shape index (κ2) is 4.75. The first kappa shape index (κ1) is 11.9. The summed E-state index contributed by atoms with van der Waals surface area (Å²) in [5.74, 6) is -0.777. The van der Waals surface area contributed by atoms with Crippen molar-refractivity contribution >= 4 is 5.97 Å². The third kappa shape index (κ3) is 2.10. The summed E-state index contributed by atoms with van der Waals surface area (Å²) in [7, 11) is 1.18. The van der Waals surface area contributed by atoms with Gasteiger partial charge in [-0.05, 0) is 11.6 Å². The Bertz CT molecular complexity index is 631. The Morgan fingerprint density at radius 2 is 1.89 bits per heavy atom. The van der Waals surface area contributed by atoms with E-state index in [2.05, 4.69) is 4.74 Å². The van der Waals surface area contributed by atoms with E-state index < -0.39 is 11.5 Å². The van der Waals surface area contributed by atoms with Gasteiger partial charge in [0.1, 0.15) is 5.56 Å². The van der Waals surface area contributed by atoms with Crippen molar-refractivity contribution in [3.63, 3.8) is 0 Å². The van der Waals surface area contributed by atoms with Gasteiger partial charge in [0.2, 0.25) is 0 Å². The lowest BCUT2D eigenvalue weighted by Gasteiger charge is -2.06. The Balaban J connectivity index is 2.62. The first-order chi connectivity index (χ1) is 8.63. The maximum Gasteiger partial charge on any atom is 0.343 e. The average Bonchev–Trinajstić information content (AvgIpc) is 2.41. The van der Waals surface area contributed by atoms with Crippen molar-refractivity contribution in [2.45, 2.75) is 0 Å². The van der Waals surface area contributed by atoms with Gasteiger partial charge in [-0.25, -0.2) is 4.79 Å². The fourth-order valence-electron chi connectivity index (χ4n) is 1.61. The van der Waals surface area contributed by atoms with Gasteiger partial charge in [0, 0.05) is 5.56 Å². The minimum Gasteiger partial charge on any atom is -0.465 e. The summed E-state index contributed by atoms with van der Waals surface area (Å²) < 4.78 is 4.88. The number of aromatic nitrogens is 1. The van der Waals surface area contributed by atoms with E-state index in [-0.39, 0.29) is 5.56 Å². The number of benzene rings is 1. The number of hydrogen-bond donors (Lipinski definition) is 1. The zero-order valence-corrected chi connectivity index (χ0v) is 9.66. The van der Waals surface area contributed by atoms with Crippen molar-refractivity contribution in [2.75, 3.05) is 7.11 Å². The minimum atomic E-state index is -0.804. The highest BCUT2D eigenvalue weighted by Gasteiger charge is 2.15. The van der Waals surface area contributed by atoms with Crippen LogP contribution in [0.1, 0.15) is 10.4 Å². The summed E-state index contributed by atoms with van der Waals surface area (Å²) in [5.41, 5.74) is 0.325. The molecule has 5 heteroatoms. The van der Waals surface area contributed by atoms with Gasteiger partial charge in [-0.3, -0.25) is 4.79 Å². The van der Waals surface area contributed by atoms with Crippen molar-refractivity contribution in [1.29, 1.82) is 0 Å². The Kier molecular flexibility index (Phi) is 3.14. The van der Waals surface area contributed by atoms with Crippen molar-refractivity contribution in [3.8, 4) is 11.1 Å². The first-order valence-electron chi connectivity index (χ1n) is 5.23. The summed E-state index contributed by atoms with van der Waals surface area (Å²) in [5, 5.41) is 9.48. The number of methoxy groups -OCH3 is 1. The Hall–Kier alpha value is -2.56. The summed E-state index contributed by atoms with van der Waals surface area (Å²) in [4.78, 5) is 23.0. The SMILES string of the molecule is COC(=O)c1cc(-c2ccccc2)cn(O)c1=O. The molecule has 0 bridgehead atoms. The number of rotatable bonds is 2. The quantitative estimate of drug-likeness (QED) is 0.643. The largest absolute Gasteiger partial charge is 0.465 e. The van der Waals surface area contributed by atoms with E-state index in [0.29, 0.717) is 10.3 Å². The maximum absolute atomic E-state index is 11.6. The van der Waals surface area contributed by atoms with E-state index in [4.69, 9.17) is 0 Å². The molecule has 1 aromatic carbocycles. The summed E-state index contributed by atoms with van der Waals surface area (Å²) in [6.45, 7) is 0. The Morgan fingerprint density at radius 1 is 1.22 bits per heavy atom. The Labute approximate surface area is 103 Å². The van der Waals surface area contributed by atoms with Gasteiger partial charge >= 0.3 is 5.97 Å². The number of ether oxygens (including phenoxy) is 1. The predicted octanol–water partition coefficient (Wildman–Crippen LogP) is 1.54. The molecule has 0 aliphatic heterocycles. The fraction of sp³-hybridized carbons (Fsp3) is 0.0769. The van der Waals surface area contributed by atoms with E-state index in [1.54, 1.807) is 12.1 Å². The monoisotopic (exact) mass is 245 g/mol. The van der Waals surface area contributed by atoms with Crippen molar-refractivity contribution in [1.82, 2.24) is 4.73 Å². The van der Waals surface area contributed by atoms with Gasteiger partial charge < -0.3 is 9.94 Å². The van der Waals surface area contributed by atoms with Gasteiger partial charge in [0.25, 0.3) is 5.56 Å². The molecule has 0 aliphatic carbocycles. The number of carbonyl (C=O) groups is 1. The van der Waals surface area contributed by atoms with Crippen LogP contribution in [0.25, 0.3) is 11.1 Å². The molecule has 92 valence electrons. The molecule has 1 N–H and O–H groups in total. The first-order valence-corrected chi connectivity index (χ1v) is 5.23. The molecule has 0 amide bonds. The minimum absolute atomic E-state index is 0.207. The third-order valence-electron chi connectivity index (χ3n) is 2.51. The van der Waals surface area contributed by atoms with E-state index in [1.165, 1.54) is 19.4 Å². The third-order valence-corrected chi connectivity index (χ3v) is 2.51. The van der Waals surface area contributed by atoms with E-state index >= 15 is 0 Å². The molecule has 0 saturated carbocycles. The lowest BCUT2D eigenvalue weighted by molar-refractivity contribution is 0.0592. The van der Waals surface area contributed by atoms with Crippen LogP contribution in [0.5, 0.6) is 0 Å². The number of esters is 1. The van der Waals surface area contributed by atoms with Crippen LogP contribution in [0.4, 0.5) is 0 Å². The summed E-state index contributed by atoms with van der Waals surface area (Å²) in [6, 6.07) is 10.5. The number of pyridine rings is 1. The van der Waals surface area contributed by atoms with Crippen LogP contribution in [0, 0.1) is 0 Å². The maximum atomic E-state index is 11.6. The molecule has 0 fully saturated rings. The highest BCUT2D eigenvalue weighted by Crippen LogP contribution is 2.18. The van der Waals surface area contributed by atoms with E-state index in [0.717, 1.165) is 5.56 Å². The molecule has 0 radical (unpaired) electrons. The smallest absolute Gasteiger partial charge is 0.343 e. The Morgan fingerprint density at radius 3 is 2.50 bits per heavy atom. The second-order valence-corrected chi connectivity index (χ2v) is 3.65. The molecule has 1 heterocycles. The van der Waals surface area contributed by atoms with Crippen LogP contribution in [-0.4, -0.2) is 23.0 Å². The van der Waals surface area contributed by atoms with Crippen LogP contribution >= 0.6 is 0 Å². The van der Waals surface area contributed by atoms with Gasteiger partial charge in [-0.15, -0.1) is 0 Å². The zero-order chi connectivity index (χ0) is 13.1. The highest BCUT2D eigenvalue weighted by atomic mass is 16.5. The van der Waals surface area contributed by atoms with E-state index in [1.807, 2.05) is 18.2 Å². The molecule has 0 atom stereocenters. The van der Waals surface area contributed by atoms with Crippen LogP contribution < -0.4 is 5.56 Å². The van der Waals surface area contributed by atoms with Gasteiger partial charge in [-0.1, -0.05) is 30.3 Å². The molecule has 0 aliphatic rings. The number of nitrogens with zero attached hydrogens (tertiary/aromatic N) is 1. The van der Waals surface area contributed by atoms with Crippen LogP contribution in [0.15, 0.2) is 47.4 Å². The van der Waals surface area contributed by atoms with Crippen LogP contribution in [0.3, 0.4) is 0 Å². The second-order valence-electron chi connectivity index (χ2n) is 3.65. The molecule has 2 rings (SSSR count). The number of hydrogen-bond acceptors (Lipinski definition) is 4. The molecule has 5 nitrogen and oxygen atoms in total. The standard InChI is InChI=1S/C13H11NO4/c1-18-13(16)11-7-10(8-14(17)12(11)15)9-5-3-2-4-6-9/h2-8,17H,1H3. The zero-order valence-electron chi connectivity index (χ0n) is 9.66.